The van der Waals surface area contributed by atoms with Crippen LogP contribution in [0.2, 0.25) is 0 Å². The van der Waals surface area contributed by atoms with Crippen LogP contribution in [-0.2, 0) is 4.79 Å². The second-order valence-electron chi connectivity index (χ2n) is 4.45. The number of aryl methyl sites for hydroxylation is 1. The number of carbonyl (C=O) groups excluding carboxylic acids is 1. The van der Waals surface area contributed by atoms with Gasteiger partial charge < -0.3 is 5.32 Å². The Kier molecular flexibility index (Phi) is 5.80. The lowest BCUT2D eigenvalue weighted by Gasteiger charge is -2.08. The molecule has 1 aromatic heterocycles. The van der Waals surface area contributed by atoms with Crippen molar-refractivity contribution in [3.63, 3.8) is 0 Å². The van der Waals surface area contributed by atoms with Crippen molar-refractivity contribution in [2.45, 2.75) is 6.92 Å². The predicted molar refractivity (Wildman–Crippen MR) is 96.5 cm³/mol. The highest BCUT2D eigenvalue weighted by Crippen LogP contribution is 2.15. The summed E-state index contributed by atoms with van der Waals surface area (Å²) in [4.78, 5) is 16.1. The van der Waals surface area contributed by atoms with Gasteiger partial charge in [-0.25, -0.2) is 4.98 Å². The highest BCUT2D eigenvalue weighted by atomic mass is 79.9. The van der Waals surface area contributed by atoms with Crippen molar-refractivity contribution in [2.75, 3.05) is 5.32 Å². The summed E-state index contributed by atoms with van der Waals surface area (Å²) in [5.74, 6) is 0.285. The number of amides is 1. The van der Waals surface area contributed by atoms with Crippen LogP contribution < -0.4 is 10.6 Å². The topological polar surface area (TPSA) is 54.0 Å². The van der Waals surface area contributed by atoms with Crippen molar-refractivity contribution < 1.29 is 4.79 Å². The van der Waals surface area contributed by atoms with Gasteiger partial charge in [0.1, 0.15) is 5.82 Å². The number of pyridine rings is 1. The molecular formula is C16H14BrN3OS. The van der Waals surface area contributed by atoms with Crippen molar-refractivity contribution in [2.24, 2.45) is 0 Å². The van der Waals surface area contributed by atoms with Gasteiger partial charge in [-0.3, -0.25) is 10.1 Å². The van der Waals surface area contributed by atoms with E-state index in [0.29, 0.717) is 5.82 Å². The molecule has 0 radical (unpaired) electrons. The molecule has 0 fully saturated rings. The van der Waals surface area contributed by atoms with Crippen molar-refractivity contribution in [3.05, 3.63) is 64.3 Å². The molecule has 1 amide bonds. The van der Waals surface area contributed by atoms with E-state index in [-0.39, 0.29) is 11.0 Å². The fraction of sp³-hybridized carbons (Fsp3) is 0.0625. The zero-order valence-electron chi connectivity index (χ0n) is 11.8. The number of nitrogens with one attached hydrogen (secondary N) is 2. The van der Waals surface area contributed by atoms with E-state index in [2.05, 4.69) is 31.5 Å². The first-order valence-electron chi connectivity index (χ1n) is 6.53. The van der Waals surface area contributed by atoms with Gasteiger partial charge in [0, 0.05) is 10.5 Å². The Bertz CT molecular complexity index is 717. The first-order chi connectivity index (χ1) is 10.5. The first kappa shape index (κ1) is 16.3. The molecule has 0 spiro atoms. The van der Waals surface area contributed by atoms with Gasteiger partial charge in [-0.1, -0.05) is 30.3 Å². The Morgan fingerprint density at radius 2 is 1.95 bits per heavy atom. The molecule has 4 nitrogen and oxygen atoms in total. The molecule has 2 aromatic rings. The number of hydrogen-bond donors (Lipinski definition) is 2. The first-order valence-corrected chi connectivity index (χ1v) is 7.73. The minimum Gasteiger partial charge on any atom is -0.317 e. The summed E-state index contributed by atoms with van der Waals surface area (Å²) in [7, 11) is 0. The molecule has 0 aliphatic carbocycles. The van der Waals surface area contributed by atoms with Crippen molar-refractivity contribution in [1.82, 2.24) is 10.3 Å². The molecule has 0 aliphatic heterocycles. The van der Waals surface area contributed by atoms with E-state index >= 15 is 0 Å². The van der Waals surface area contributed by atoms with Gasteiger partial charge in [0.2, 0.25) is 5.91 Å². The number of benzene rings is 1. The van der Waals surface area contributed by atoms with Crippen LogP contribution in [0.1, 0.15) is 11.3 Å². The molecule has 2 N–H and O–H groups in total. The average molecular weight is 376 g/mol. The van der Waals surface area contributed by atoms with Gasteiger partial charge >= 0.3 is 0 Å². The summed E-state index contributed by atoms with van der Waals surface area (Å²) >= 11 is 8.47. The molecule has 0 bridgehead atoms. The van der Waals surface area contributed by atoms with Gasteiger partial charge in [0.25, 0.3) is 0 Å². The van der Waals surface area contributed by atoms with E-state index in [1.807, 2.05) is 43.3 Å². The number of thiocarbonyl (C=S) groups is 1. The third kappa shape index (κ3) is 5.05. The lowest BCUT2D eigenvalue weighted by atomic mass is 10.2. The molecule has 0 saturated heterocycles. The molecule has 6 heteroatoms. The van der Waals surface area contributed by atoms with E-state index in [1.165, 1.54) is 6.08 Å². The highest BCUT2D eigenvalue weighted by molar-refractivity contribution is 9.10. The van der Waals surface area contributed by atoms with Gasteiger partial charge in [-0.15, -0.1) is 0 Å². The molecule has 1 heterocycles. The van der Waals surface area contributed by atoms with Crippen molar-refractivity contribution in [1.29, 1.82) is 0 Å². The second-order valence-corrected chi connectivity index (χ2v) is 5.71. The fourth-order valence-electron chi connectivity index (χ4n) is 1.65. The summed E-state index contributed by atoms with van der Waals surface area (Å²) in [6.45, 7) is 1.87. The average Bonchev–Trinajstić information content (AvgIpc) is 2.50. The molecule has 22 heavy (non-hydrogen) atoms. The zero-order valence-corrected chi connectivity index (χ0v) is 14.2. The summed E-state index contributed by atoms with van der Waals surface area (Å²) in [5, 5.41) is 5.65. The maximum absolute atomic E-state index is 11.8. The maximum Gasteiger partial charge on any atom is 0.250 e. The van der Waals surface area contributed by atoms with E-state index in [0.717, 1.165) is 15.7 Å². The normalized spacial score (nSPS) is 10.5. The van der Waals surface area contributed by atoms with Crippen molar-refractivity contribution in [3.8, 4) is 0 Å². The smallest absolute Gasteiger partial charge is 0.250 e. The van der Waals surface area contributed by atoms with Crippen LogP contribution in [0, 0.1) is 6.92 Å². The van der Waals surface area contributed by atoms with Gasteiger partial charge in [-0.2, -0.15) is 0 Å². The number of aromatic nitrogens is 1. The van der Waals surface area contributed by atoms with Crippen LogP contribution in [0.25, 0.3) is 6.08 Å². The van der Waals surface area contributed by atoms with Crippen LogP contribution in [0.15, 0.2) is 53.0 Å². The van der Waals surface area contributed by atoms with Crippen LogP contribution in [-0.4, -0.2) is 16.0 Å². The number of rotatable bonds is 3. The van der Waals surface area contributed by atoms with E-state index in [4.69, 9.17) is 12.2 Å². The molecule has 0 aliphatic rings. The van der Waals surface area contributed by atoms with Crippen LogP contribution >= 0.6 is 28.1 Å². The number of anilines is 1. The van der Waals surface area contributed by atoms with Crippen LogP contribution in [0.5, 0.6) is 0 Å². The molecule has 0 saturated carbocycles. The van der Waals surface area contributed by atoms with Gasteiger partial charge in [0.15, 0.2) is 5.11 Å². The third-order valence-electron chi connectivity index (χ3n) is 2.73. The van der Waals surface area contributed by atoms with Gasteiger partial charge in [0.05, 0.1) is 5.69 Å². The summed E-state index contributed by atoms with van der Waals surface area (Å²) in [5.41, 5.74) is 1.78. The Morgan fingerprint density at radius 1 is 1.23 bits per heavy atom. The van der Waals surface area contributed by atoms with Crippen LogP contribution in [0.3, 0.4) is 0 Å². The Morgan fingerprint density at radius 3 is 2.64 bits per heavy atom. The van der Waals surface area contributed by atoms with Crippen molar-refractivity contribution >= 4 is 51.1 Å². The highest BCUT2D eigenvalue weighted by Gasteiger charge is 2.04. The molecular weight excluding hydrogens is 362 g/mol. The van der Waals surface area contributed by atoms with E-state index < -0.39 is 0 Å². The summed E-state index contributed by atoms with van der Waals surface area (Å²) < 4.78 is 0.916. The largest absolute Gasteiger partial charge is 0.317 e. The Balaban J connectivity index is 1.90. The number of hydrogen-bond acceptors (Lipinski definition) is 3. The van der Waals surface area contributed by atoms with Crippen LogP contribution in [0.4, 0.5) is 5.82 Å². The monoisotopic (exact) mass is 375 g/mol. The predicted octanol–water partition coefficient (Wildman–Crippen LogP) is 3.68. The maximum atomic E-state index is 11.8. The van der Waals surface area contributed by atoms with E-state index in [1.54, 1.807) is 12.1 Å². The zero-order chi connectivity index (χ0) is 15.9. The number of nitrogens with zero attached hydrogens (tertiary/aromatic N) is 1. The third-order valence-corrected chi connectivity index (χ3v) is 3.77. The Labute approximate surface area is 142 Å². The molecule has 1 aromatic carbocycles. The summed E-state index contributed by atoms with van der Waals surface area (Å²) in [6.07, 6.45) is 3.16. The minimum absolute atomic E-state index is 0.205. The summed E-state index contributed by atoms with van der Waals surface area (Å²) in [6, 6.07) is 13.2. The SMILES string of the molecule is Cc1nc(NC(=S)NC(=O)/C=C/c2ccccc2)ccc1Br. The minimum atomic E-state index is -0.296. The second kappa shape index (κ2) is 7.82. The Hall–Kier alpha value is -2.05. The lowest BCUT2D eigenvalue weighted by molar-refractivity contribution is -0.115. The standard InChI is InChI=1S/C16H14BrN3OS/c1-11-13(17)8-9-14(18-11)19-16(22)20-15(21)10-7-12-5-3-2-4-6-12/h2-10H,1H3,(H2,18,19,20,21,22)/b10-7+. The number of carbonyl (C=O) groups is 1. The molecule has 0 atom stereocenters. The lowest BCUT2D eigenvalue weighted by Crippen LogP contribution is -2.33. The molecule has 2 rings (SSSR count). The van der Waals surface area contributed by atoms with E-state index in [9.17, 15) is 4.79 Å². The molecule has 112 valence electrons. The van der Waals surface area contributed by atoms with Gasteiger partial charge in [-0.05, 0) is 58.8 Å². The molecule has 0 unspecified atom stereocenters. The number of halogens is 1. The quantitative estimate of drug-likeness (QED) is 0.634. The fourth-order valence-corrected chi connectivity index (χ4v) is 2.08.